The van der Waals surface area contributed by atoms with Crippen LogP contribution in [-0.4, -0.2) is 22.2 Å². The number of ether oxygens (including phenoxy) is 2. The first-order valence-corrected chi connectivity index (χ1v) is 7.42. The highest BCUT2D eigenvalue weighted by Gasteiger charge is 2.18. The minimum atomic E-state index is -0.539. The van der Waals surface area contributed by atoms with E-state index < -0.39 is 4.92 Å². The van der Waals surface area contributed by atoms with Crippen molar-refractivity contribution < 1.29 is 18.9 Å². The van der Waals surface area contributed by atoms with Gasteiger partial charge in [0.25, 0.3) is 5.89 Å². The van der Waals surface area contributed by atoms with Crippen molar-refractivity contribution >= 4 is 17.0 Å². The molecule has 9 heteroatoms. The van der Waals surface area contributed by atoms with Gasteiger partial charge in [-0.3, -0.25) is 10.1 Å². The Balaban J connectivity index is 1.74. The monoisotopic (exact) mass is 333 g/mol. The molecule has 0 atom stereocenters. The van der Waals surface area contributed by atoms with E-state index in [0.29, 0.717) is 11.6 Å². The van der Waals surface area contributed by atoms with E-state index in [1.54, 1.807) is 6.07 Å². The molecule has 23 heavy (non-hydrogen) atoms. The van der Waals surface area contributed by atoms with E-state index in [2.05, 4.69) is 10.1 Å². The Morgan fingerprint density at radius 1 is 1.39 bits per heavy atom. The Morgan fingerprint density at radius 3 is 2.96 bits per heavy atom. The highest BCUT2D eigenvalue weighted by Crippen LogP contribution is 2.31. The molecule has 0 bridgehead atoms. The van der Waals surface area contributed by atoms with Crippen molar-refractivity contribution in [1.82, 2.24) is 10.1 Å². The number of rotatable bonds is 6. The van der Waals surface area contributed by atoms with Gasteiger partial charge in [-0.05, 0) is 23.6 Å². The lowest BCUT2D eigenvalue weighted by Crippen LogP contribution is -2.00. The SMILES string of the molecule is COc1ccc(OCc2nc(-c3ccsc3)no2)c([N+](=O)[O-])c1. The van der Waals surface area contributed by atoms with Gasteiger partial charge in [-0.15, -0.1) is 0 Å². The Kier molecular flexibility index (Phi) is 4.20. The van der Waals surface area contributed by atoms with Crippen molar-refractivity contribution in [2.75, 3.05) is 7.11 Å². The van der Waals surface area contributed by atoms with Crippen LogP contribution < -0.4 is 9.47 Å². The molecule has 0 aliphatic rings. The summed E-state index contributed by atoms with van der Waals surface area (Å²) >= 11 is 1.52. The van der Waals surface area contributed by atoms with Gasteiger partial charge in [0.15, 0.2) is 12.4 Å². The van der Waals surface area contributed by atoms with Crippen molar-refractivity contribution in [1.29, 1.82) is 0 Å². The Morgan fingerprint density at radius 2 is 2.26 bits per heavy atom. The fraction of sp³-hybridized carbons (Fsp3) is 0.143. The normalized spacial score (nSPS) is 10.5. The van der Waals surface area contributed by atoms with E-state index >= 15 is 0 Å². The second-order valence-electron chi connectivity index (χ2n) is 4.40. The number of nitro groups is 1. The van der Waals surface area contributed by atoms with Crippen molar-refractivity contribution in [2.24, 2.45) is 0 Å². The van der Waals surface area contributed by atoms with E-state index in [9.17, 15) is 10.1 Å². The molecule has 0 saturated heterocycles. The molecule has 1 aromatic carbocycles. The molecule has 0 saturated carbocycles. The average Bonchev–Trinajstić information content (AvgIpc) is 3.23. The molecule has 118 valence electrons. The maximum absolute atomic E-state index is 11.1. The van der Waals surface area contributed by atoms with Gasteiger partial charge in [0, 0.05) is 10.9 Å². The summed E-state index contributed by atoms with van der Waals surface area (Å²) in [4.78, 5) is 14.7. The molecule has 0 spiro atoms. The number of nitro benzene ring substituents is 1. The molecule has 3 rings (SSSR count). The second kappa shape index (κ2) is 6.44. The van der Waals surface area contributed by atoms with Crippen LogP contribution in [0.3, 0.4) is 0 Å². The van der Waals surface area contributed by atoms with Gasteiger partial charge in [0.2, 0.25) is 5.82 Å². The van der Waals surface area contributed by atoms with Crippen LogP contribution in [0.25, 0.3) is 11.4 Å². The number of nitrogens with zero attached hydrogens (tertiary/aromatic N) is 3. The molecule has 3 aromatic rings. The summed E-state index contributed by atoms with van der Waals surface area (Å²) in [7, 11) is 1.43. The first-order valence-electron chi connectivity index (χ1n) is 6.48. The smallest absolute Gasteiger partial charge is 0.314 e. The fourth-order valence-electron chi connectivity index (χ4n) is 1.85. The summed E-state index contributed by atoms with van der Waals surface area (Å²) in [5.41, 5.74) is 0.655. The number of hydrogen-bond donors (Lipinski definition) is 0. The van der Waals surface area contributed by atoms with E-state index in [-0.39, 0.29) is 23.9 Å². The van der Waals surface area contributed by atoms with Gasteiger partial charge < -0.3 is 14.0 Å². The molecule has 0 aliphatic heterocycles. The minimum Gasteiger partial charge on any atom is -0.496 e. The summed E-state index contributed by atoms with van der Waals surface area (Å²) in [6, 6.07) is 6.20. The molecule has 2 aromatic heterocycles. The van der Waals surface area contributed by atoms with Crippen molar-refractivity contribution in [2.45, 2.75) is 6.61 Å². The number of hydrogen-bond acceptors (Lipinski definition) is 8. The van der Waals surface area contributed by atoms with Gasteiger partial charge in [-0.1, -0.05) is 5.16 Å². The zero-order valence-electron chi connectivity index (χ0n) is 12.0. The third kappa shape index (κ3) is 3.29. The predicted molar refractivity (Wildman–Crippen MR) is 81.6 cm³/mol. The highest BCUT2D eigenvalue weighted by molar-refractivity contribution is 7.08. The van der Waals surface area contributed by atoms with E-state index in [1.165, 1.54) is 30.6 Å². The molecule has 0 amide bonds. The van der Waals surface area contributed by atoms with Gasteiger partial charge in [-0.25, -0.2) is 0 Å². The molecule has 2 heterocycles. The second-order valence-corrected chi connectivity index (χ2v) is 5.18. The van der Waals surface area contributed by atoms with E-state index in [0.717, 1.165) is 5.56 Å². The molecule has 0 N–H and O–H groups in total. The zero-order chi connectivity index (χ0) is 16.2. The standard InChI is InChI=1S/C14H11N3O5S/c1-20-10-2-3-12(11(6-10)17(18)19)21-7-13-15-14(16-22-13)9-4-5-23-8-9/h2-6,8H,7H2,1H3. The van der Waals surface area contributed by atoms with Crippen LogP contribution in [0, 0.1) is 10.1 Å². The average molecular weight is 333 g/mol. The van der Waals surface area contributed by atoms with Gasteiger partial charge in [-0.2, -0.15) is 16.3 Å². The van der Waals surface area contributed by atoms with Crippen LogP contribution in [0.15, 0.2) is 39.5 Å². The van der Waals surface area contributed by atoms with Crippen LogP contribution in [0.1, 0.15) is 5.89 Å². The first kappa shape index (κ1) is 15.0. The molecular weight excluding hydrogens is 322 g/mol. The Hall–Kier alpha value is -2.94. The van der Waals surface area contributed by atoms with Gasteiger partial charge in [0.05, 0.1) is 18.1 Å². The first-order chi connectivity index (χ1) is 11.2. The third-order valence-corrected chi connectivity index (χ3v) is 3.64. The maximum Gasteiger partial charge on any atom is 0.314 e. The quantitative estimate of drug-likeness (QED) is 0.504. The molecule has 0 fully saturated rings. The van der Waals surface area contributed by atoms with Crippen LogP contribution in [0.2, 0.25) is 0 Å². The number of aromatic nitrogens is 2. The summed E-state index contributed by atoms with van der Waals surface area (Å²) in [6.45, 7) is -0.0652. The summed E-state index contributed by atoms with van der Waals surface area (Å²) in [5.74, 6) is 1.16. The fourth-order valence-corrected chi connectivity index (χ4v) is 2.49. The number of thiophene rings is 1. The largest absolute Gasteiger partial charge is 0.496 e. The van der Waals surface area contributed by atoms with Crippen LogP contribution >= 0.6 is 11.3 Å². The Bertz CT molecular complexity index is 816. The minimum absolute atomic E-state index is 0.0652. The lowest BCUT2D eigenvalue weighted by atomic mass is 10.3. The third-order valence-electron chi connectivity index (χ3n) is 2.96. The molecular formula is C14H11N3O5S. The summed E-state index contributed by atoms with van der Waals surface area (Å²) in [6.07, 6.45) is 0. The number of methoxy groups -OCH3 is 1. The van der Waals surface area contributed by atoms with Crippen molar-refractivity contribution in [3.05, 3.63) is 51.0 Å². The van der Waals surface area contributed by atoms with E-state index in [4.69, 9.17) is 14.0 Å². The van der Waals surface area contributed by atoms with Crippen LogP contribution in [-0.2, 0) is 6.61 Å². The molecule has 0 radical (unpaired) electrons. The van der Waals surface area contributed by atoms with Gasteiger partial charge >= 0.3 is 5.69 Å². The molecule has 0 unspecified atom stereocenters. The van der Waals surface area contributed by atoms with Crippen LogP contribution in [0.4, 0.5) is 5.69 Å². The maximum atomic E-state index is 11.1. The van der Waals surface area contributed by atoms with Crippen molar-refractivity contribution in [3.63, 3.8) is 0 Å². The van der Waals surface area contributed by atoms with E-state index in [1.807, 2.05) is 16.8 Å². The lowest BCUT2D eigenvalue weighted by Gasteiger charge is -2.05. The Labute approximate surface area is 134 Å². The molecule has 8 nitrogen and oxygen atoms in total. The summed E-state index contributed by atoms with van der Waals surface area (Å²) in [5, 5.41) is 18.7. The topological polar surface area (TPSA) is 101 Å². The van der Waals surface area contributed by atoms with Crippen LogP contribution in [0.5, 0.6) is 11.5 Å². The highest BCUT2D eigenvalue weighted by atomic mass is 32.1. The lowest BCUT2D eigenvalue weighted by molar-refractivity contribution is -0.386. The van der Waals surface area contributed by atoms with Gasteiger partial charge in [0.1, 0.15) is 5.75 Å². The van der Waals surface area contributed by atoms with Crippen molar-refractivity contribution in [3.8, 4) is 22.9 Å². The summed E-state index contributed by atoms with van der Waals surface area (Å²) < 4.78 is 15.5. The zero-order valence-corrected chi connectivity index (χ0v) is 12.8. The number of benzene rings is 1. The molecule has 0 aliphatic carbocycles. The predicted octanol–water partition coefficient (Wildman–Crippen LogP) is 3.29.